The zero-order chi connectivity index (χ0) is 17.0. The zero-order valence-corrected chi connectivity index (χ0v) is 13.6. The Kier molecular flexibility index (Phi) is 5.20. The van der Waals surface area contributed by atoms with Gasteiger partial charge in [0.1, 0.15) is 0 Å². The average molecular weight is 340 g/mol. The van der Waals surface area contributed by atoms with E-state index in [9.17, 15) is 17.2 Å². The van der Waals surface area contributed by atoms with Crippen LogP contribution in [0.2, 0.25) is 0 Å². The lowest BCUT2D eigenvalue weighted by Crippen LogP contribution is -2.22. The van der Waals surface area contributed by atoms with Crippen molar-refractivity contribution in [3.63, 3.8) is 0 Å². The van der Waals surface area contributed by atoms with Crippen LogP contribution in [-0.4, -0.2) is 13.7 Å². The number of nitrogens with one attached hydrogen (secondary N) is 2. The summed E-state index contributed by atoms with van der Waals surface area (Å²) in [6.07, 6.45) is 0. The molecule has 0 fully saturated rings. The average Bonchev–Trinajstić information content (AvgIpc) is 2.49. The third kappa shape index (κ3) is 4.66. The van der Waals surface area contributed by atoms with Crippen molar-refractivity contribution in [2.24, 2.45) is 0 Å². The fraction of sp³-hybridized carbons (Fsp3) is 0.250. The first-order valence-corrected chi connectivity index (χ1v) is 8.62. The van der Waals surface area contributed by atoms with Crippen molar-refractivity contribution in [2.45, 2.75) is 25.6 Å². The van der Waals surface area contributed by atoms with Crippen molar-refractivity contribution < 1.29 is 17.2 Å². The van der Waals surface area contributed by atoms with Gasteiger partial charge in [-0.2, -0.15) is 0 Å². The summed E-state index contributed by atoms with van der Waals surface area (Å²) in [6.45, 7) is 3.60. The van der Waals surface area contributed by atoms with Crippen LogP contribution in [0.15, 0.2) is 42.5 Å². The highest BCUT2D eigenvalue weighted by atomic mass is 32.2. The second-order valence-electron chi connectivity index (χ2n) is 5.38. The number of halogens is 2. The standard InChI is InChI=1S/C16H18F2N2O2S/c1-11(2)23(21,22)20-13-5-3-12(4-6-13)10-19-14-7-8-15(17)16(18)9-14/h3-9,11,19-20H,10H2,1-2H3. The lowest BCUT2D eigenvalue weighted by Gasteiger charge is -2.11. The van der Waals surface area contributed by atoms with Crippen LogP contribution < -0.4 is 10.0 Å². The van der Waals surface area contributed by atoms with E-state index in [0.717, 1.165) is 17.7 Å². The molecule has 4 nitrogen and oxygen atoms in total. The van der Waals surface area contributed by atoms with Gasteiger partial charge in [-0.25, -0.2) is 17.2 Å². The third-order valence-electron chi connectivity index (χ3n) is 3.25. The van der Waals surface area contributed by atoms with E-state index in [1.807, 2.05) is 0 Å². The van der Waals surface area contributed by atoms with Gasteiger partial charge in [-0.05, 0) is 43.7 Å². The second-order valence-corrected chi connectivity index (χ2v) is 7.61. The fourth-order valence-corrected chi connectivity index (χ4v) is 2.48. The molecule has 0 aliphatic heterocycles. The second kappa shape index (κ2) is 6.95. The van der Waals surface area contributed by atoms with Gasteiger partial charge < -0.3 is 5.32 Å². The Bertz CT molecular complexity index is 775. The van der Waals surface area contributed by atoms with Crippen LogP contribution in [0.3, 0.4) is 0 Å². The van der Waals surface area contributed by atoms with E-state index < -0.39 is 26.9 Å². The minimum Gasteiger partial charge on any atom is -0.381 e. The maximum atomic E-state index is 13.1. The first-order chi connectivity index (χ1) is 10.8. The highest BCUT2D eigenvalue weighted by Gasteiger charge is 2.15. The molecule has 2 aromatic carbocycles. The Morgan fingerprint density at radius 1 is 0.957 bits per heavy atom. The van der Waals surface area contributed by atoms with Gasteiger partial charge in [-0.3, -0.25) is 4.72 Å². The molecule has 0 saturated carbocycles. The first-order valence-electron chi connectivity index (χ1n) is 7.07. The van der Waals surface area contributed by atoms with Crippen LogP contribution in [-0.2, 0) is 16.6 Å². The summed E-state index contributed by atoms with van der Waals surface area (Å²) in [6, 6.07) is 10.4. The van der Waals surface area contributed by atoms with Crippen molar-refractivity contribution >= 4 is 21.4 Å². The minimum absolute atomic E-state index is 0.405. The Balaban J connectivity index is 1.99. The van der Waals surface area contributed by atoms with Gasteiger partial charge in [0.2, 0.25) is 10.0 Å². The third-order valence-corrected chi connectivity index (χ3v) is 5.01. The monoisotopic (exact) mass is 340 g/mol. The molecule has 0 aliphatic rings. The molecule has 2 aromatic rings. The summed E-state index contributed by atoms with van der Waals surface area (Å²) in [7, 11) is -3.37. The predicted octanol–water partition coefficient (Wildman–Crippen LogP) is 3.73. The van der Waals surface area contributed by atoms with Crippen molar-refractivity contribution in [1.82, 2.24) is 0 Å². The highest BCUT2D eigenvalue weighted by molar-refractivity contribution is 7.93. The molecule has 7 heteroatoms. The van der Waals surface area contributed by atoms with Gasteiger partial charge in [0, 0.05) is 24.0 Å². The molecule has 0 heterocycles. The summed E-state index contributed by atoms with van der Waals surface area (Å²) in [5.41, 5.74) is 1.82. The number of hydrogen-bond donors (Lipinski definition) is 2. The number of hydrogen-bond acceptors (Lipinski definition) is 3. The molecular weight excluding hydrogens is 322 g/mol. The molecule has 0 bridgehead atoms. The molecular formula is C16H18F2N2O2S. The Labute approximate surface area is 134 Å². The van der Waals surface area contributed by atoms with Crippen LogP contribution in [0.5, 0.6) is 0 Å². The molecule has 124 valence electrons. The normalized spacial score (nSPS) is 11.5. The number of sulfonamides is 1. The number of benzene rings is 2. The summed E-state index contributed by atoms with van der Waals surface area (Å²) in [4.78, 5) is 0. The van der Waals surface area contributed by atoms with E-state index in [0.29, 0.717) is 17.9 Å². The number of anilines is 2. The van der Waals surface area contributed by atoms with Crippen LogP contribution in [0, 0.1) is 11.6 Å². The molecule has 0 aliphatic carbocycles. The van der Waals surface area contributed by atoms with Gasteiger partial charge in [-0.15, -0.1) is 0 Å². The van der Waals surface area contributed by atoms with E-state index in [2.05, 4.69) is 10.0 Å². The quantitative estimate of drug-likeness (QED) is 0.842. The minimum atomic E-state index is -3.37. The predicted molar refractivity (Wildman–Crippen MR) is 87.8 cm³/mol. The summed E-state index contributed by atoms with van der Waals surface area (Å²) >= 11 is 0. The summed E-state index contributed by atoms with van der Waals surface area (Å²) in [5, 5.41) is 2.45. The van der Waals surface area contributed by atoms with Gasteiger partial charge in [0.25, 0.3) is 0 Å². The molecule has 23 heavy (non-hydrogen) atoms. The zero-order valence-electron chi connectivity index (χ0n) is 12.8. The van der Waals surface area contributed by atoms with Crippen LogP contribution in [0.4, 0.5) is 20.2 Å². The van der Waals surface area contributed by atoms with Crippen LogP contribution in [0.25, 0.3) is 0 Å². The lowest BCUT2D eigenvalue weighted by atomic mass is 10.2. The van der Waals surface area contributed by atoms with Gasteiger partial charge in [0.05, 0.1) is 5.25 Å². The topological polar surface area (TPSA) is 58.2 Å². The van der Waals surface area contributed by atoms with Crippen molar-refractivity contribution in [1.29, 1.82) is 0 Å². The molecule has 0 atom stereocenters. The molecule has 0 amide bonds. The fourth-order valence-electron chi connectivity index (χ4n) is 1.78. The molecule has 0 radical (unpaired) electrons. The molecule has 2 N–H and O–H groups in total. The van der Waals surface area contributed by atoms with E-state index >= 15 is 0 Å². The molecule has 0 saturated heterocycles. The van der Waals surface area contributed by atoms with E-state index in [-0.39, 0.29) is 0 Å². The van der Waals surface area contributed by atoms with E-state index in [4.69, 9.17) is 0 Å². The van der Waals surface area contributed by atoms with Crippen LogP contribution in [0.1, 0.15) is 19.4 Å². The van der Waals surface area contributed by atoms with Crippen molar-refractivity contribution in [2.75, 3.05) is 10.0 Å². The van der Waals surface area contributed by atoms with Gasteiger partial charge >= 0.3 is 0 Å². The van der Waals surface area contributed by atoms with Crippen LogP contribution >= 0.6 is 0 Å². The Morgan fingerprint density at radius 3 is 2.13 bits per heavy atom. The number of rotatable bonds is 6. The molecule has 0 spiro atoms. The Morgan fingerprint density at radius 2 is 1.57 bits per heavy atom. The van der Waals surface area contributed by atoms with E-state index in [1.54, 1.807) is 38.1 Å². The smallest absolute Gasteiger partial charge is 0.235 e. The highest BCUT2D eigenvalue weighted by Crippen LogP contribution is 2.16. The maximum absolute atomic E-state index is 13.1. The molecule has 2 rings (SSSR count). The summed E-state index contributed by atoms with van der Waals surface area (Å²) in [5.74, 6) is -1.80. The first kappa shape index (κ1) is 17.2. The Hall–Kier alpha value is -2.15. The maximum Gasteiger partial charge on any atom is 0.235 e. The van der Waals surface area contributed by atoms with Crippen molar-refractivity contribution in [3.8, 4) is 0 Å². The lowest BCUT2D eigenvalue weighted by molar-refractivity contribution is 0.509. The summed E-state index contributed by atoms with van der Waals surface area (Å²) < 4.78 is 52.0. The molecule has 0 unspecified atom stereocenters. The van der Waals surface area contributed by atoms with Crippen molar-refractivity contribution in [3.05, 3.63) is 59.7 Å². The SMILES string of the molecule is CC(C)S(=O)(=O)Nc1ccc(CNc2ccc(F)c(F)c2)cc1. The van der Waals surface area contributed by atoms with Gasteiger partial charge in [0.15, 0.2) is 11.6 Å². The largest absolute Gasteiger partial charge is 0.381 e. The van der Waals surface area contributed by atoms with Gasteiger partial charge in [-0.1, -0.05) is 12.1 Å². The van der Waals surface area contributed by atoms with E-state index in [1.165, 1.54) is 6.07 Å². The molecule has 0 aromatic heterocycles.